The second-order valence-electron chi connectivity index (χ2n) is 19.8. The van der Waals surface area contributed by atoms with Crippen LogP contribution in [0.4, 0.5) is 0 Å². The first-order valence-corrected chi connectivity index (χ1v) is 25.7. The molecule has 3 aliphatic rings. The van der Waals surface area contributed by atoms with E-state index in [1.165, 1.54) is 44.2 Å². The largest absolute Gasteiger partial charge is 0.449 e. The van der Waals surface area contributed by atoms with Crippen LogP contribution in [0, 0.1) is 0 Å². The summed E-state index contributed by atoms with van der Waals surface area (Å²) in [6.45, 7) is 0. The van der Waals surface area contributed by atoms with Crippen LogP contribution in [-0.4, -0.2) is 19.5 Å². The van der Waals surface area contributed by atoms with Gasteiger partial charge in [0.25, 0.3) is 0 Å². The molecule has 16 rings (SSSR count). The van der Waals surface area contributed by atoms with Crippen LogP contribution in [0.25, 0.3) is 106 Å². The standard InChI is InChI=1S/C70H42N4O2/c1-3-16-44(17-4-1)67-71-68(45-18-5-2-6-19-45)73-69(72-67)46-32-30-43(31-33-46)47-20-15-21-50(40-47)74-60-27-12-9-24-53(60)55-41-48(35-38-61(55)74)49-34-36-54-59(42-49)70(56-25-10-7-22-51(56)52-23-8-11-26-57(52)70)58-37-39-64-66(65(54)58)76-63-29-14-13-28-62(63)75-64/h1-42H. The molecule has 0 saturated carbocycles. The van der Waals surface area contributed by atoms with E-state index < -0.39 is 5.41 Å². The fraction of sp³-hybridized carbons (Fsp3) is 0.0143. The van der Waals surface area contributed by atoms with Crippen LogP contribution in [0.15, 0.2) is 255 Å². The van der Waals surface area contributed by atoms with Crippen molar-refractivity contribution in [3.8, 4) is 107 Å². The summed E-state index contributed by atoms with van der Waals surface area (Å²) in [5, 5.41) is 2.39. The van der Waals surface area contributed by atoms with E-state index in [9.17, 15) is 0 Å². The van der Waals surface area contributed by atoms with E-state index in [2.05, 4.69) is 174 Å². The highest BCUT2D eigenvalue weighted by molar-refractivity contribution is 6.11. The van der Waals surface area contributed by atoms with Gasteiger partial charge in [-0.1, -0.05) is 200 Å². The van der Waals surface area contributed by atoms with Gasteiger partial charge in [0.2, 0.25) is 0 Å². The van der Waals surface area contributed by atoms with Crippen LogP contribution < -0.4 is 9.47 Å². The number of aromatic nitrogens is 4. The third-order valence-corrected chi connectivity index (χ3v) is 15.7. The molecule has 2 aliphatic carbocycles. The van der Waals surface area contributed by atoms with Gasteiger partial charge in [0.15, 0.2) is 40.5 Å². The van der Waals surface area contributed by atoms with E-state index >= 15 is 0 Å². The van der Waals surface area contributed by atoms with Gasteiger partial charge in [-0.05, 0) is 116 Å². The summed E-state index contributed by atoms with van der Waals surface area (Å²) in [6.07, 6.45) is 0. The number of para-hydroxylation sites is 3. The highest BCUT2D eigenvalue weighted by Crippen LogP contribution is 2.66. The van der Waals surface area contributed by atoms with Crippen molar-refractivity contribution in [2.24, 2.45) is 0 Å². The maximum absolute atomic E-state index is 6.85. The third kappa shape index (κ3) is 6.25. The molecule has 1 aliphatic heterocycles. The number of benzene rings is 11. The molecule has 3 heterocycles. The minimum atomic E-state index is -0.570. The van der Waals surface area contributed by atoms with Crippen LogP contribution in [0.2, 0.25) is 0 Å². The number of ether oxygens (including phenoxy) is 2. The maximum Gasteiger partial charge on any atom is 0.178 e. The van der Waals surface area contributed by atoms with Crippen LogP contribution >= 0.6 is 0 Å². The lowest BCUT2D eigenvalue weighted by molar-refractivity contribution is 0.360. The molecule has 1 spiro atoms. The smallest absolute Gasteiger partial charge is 0.178 e. The van der Waals surface area contributed by atoms with Gasteiger partial charge >= 0.3 is 0 Å². The van der Waals surface area contributed by atoms with Crippen LogP contribution in [0.5, 0.6) is 23.0 Å². The summed E-state index contributed by atoms with van der Waals surface area (Å²) < 4.78 is 15.8. The van der Waals surface area contributed by atoms with Gasteiger partial charge in [0, 0.05) is 38.7 Å². The predicted octanol–water partition coefficient (Wildman–Crippen LogP) is 17.5. The van der Waals surface area contributed by atoms with Gasteiger partial charge < -0.3 is 14.0 Å². The molecule has 354 valence electrons. The monoisotopic (exact) mass is 970 g/mol. The molecule has 0 fully saturated rings. The highest BCUT2D eigenvalue weighted by atomic mass is 16.6. The number of hydrogen-bond acceptors (Lipinski definition) is 5. The van der Waals surface area contributed by atoms with Gasteiger partial charge in [-0.25, -0.2) is 15.0 Å². The first-order chi connectivity index (χ1) is 37.7. The summed E-state index contributed by atoms with van der Waals surface area (Å²) >= 11 is 0. The Morgan fingerprint density at radius 2 is 0.829 bits per heavy atom. The third-order valence-electron chi connectivity index (χ3n) is 15.7. The molecule has 76 heavy (non-hydrogen) atoms. The fourth-order valence-corrected chi connectivity index (χ4v) is 12.4. The summed E-state index contributed by atoms with van der Waals surface area (Å²) in [5.74, 6) is 4.84. The van der Waals surface area contributed by atoms with Crippen molar-refractivity contribution in [3.63, 3.8) is 0 Å². The molecule has 11 aromatic carbocycles. The zero-order valence-corrected chi connectivity index (χ0v) is 40.9. The highest BCUT2D eigenvalue weighted by Gasteiger charge is 2.53. The van der Waals surface area contributed by atoms with Crippen LogP contribution in [0.3, 0.4) is 0 Å². The zero-order valence-electron chi connectivity index (χ0n) is 40.9. The minimum absolute atomic E-state index is 0.570. The van der Waals surface area contributed by atoms with Gasteiger partial charge in [-0.3, -0.25) is 0 Å². The first-order valence-electron chi connectivity index (χ1n) is 25.7. The molecular formula is C70H42N4O2. The molecular weight excluding hydrogens is 929 g/mol. The molecule has 6 nitrogen and oxygen atoms in total. The Balaban J connectivity index is 0.797. The first kappa shape index (κ1) is 42.3. The predicted molar refractivity (Wildman–Crippen MR) is 304 cm³/mol. The number of nitrogens with zero attached hydrogens (tertiary/aromatic N) is 4. The Labute approximate surface area is 438 Å². The molecule has 0 atom stereocenters. The van der Waals surface area contributed by atoms with Crippen molar-refractivity contribution in [1.29, 1.82) is 0 Å². The average molecular weight is 971 g/mol. The van der Waals surface area contributed by atoms with E-state index in [1.807, 2.05) is 84.9 Å². The lowest BCUT2D eigenvalue weighted by atomic mass is 9.70. The van der Waals surface area contributed by atoms with E-state index in [0.29, 0.717) is 17.5 Å². The molecule has 2 aromatic heterocycles. The second-order valence-corrected chi connectivity index (χ2v) is 19.8. The van der Waals surface area contributed by atoms with E-state index in [4.69, 9.17) is 24.4 Å². The molecule has 6 heteroatoms. The fourth-order valence-electron chi connectivity index (χ4n) is 12.4. The molecule has 13 aromatic rings. The molecule has 0 radical (unpaired) electrons. The van der Waals surface area contributed by atoms with Gasteiger partial charge in [0.1, 0.15) is 0 Å². The lowest BCUT2D eigenvalue weighted by Gasteiger charge is -2.31. The Morgan fingerprint density at radius 3 is 1.54 bits per heavy atom. The van der Waals surface area contributed by atoms with Gasteiger partial charge in [-0.2, -0.15) is 0 Å². The maximum atomic E-state index is 6.85. The minimum Gasteiger partial charge on any atom is -0.449 e. The Kier molecular flexibility index (Phi) is 9.15. The number of fused-ring (bicyclic) bond motifs is 16. The van der Waals surface area contributed by atoms with Crippen molar-refractivity contribution in [3.05, 3.63) is 277 Å². The van der Waals surface area contributed by atoms with Crippen molar-refractivity contribution in [2.75, 3.05) is 0 Å². The molecule has 0 unspecified atom stereocenters. The van der Waals surface area contributed by atoms with Gasteiger partial charge in [0.05, 0.1) is 16.4 Å². The summed E-state index contributed by atoms with van der Waals surface area (Å²) in [7, 11) is 0. The van der Waals surface area contributed by atoms with Crippen molar-refractivity contribution in [1.82, 2.24) is 19.5 Å². The van der Waals surface area contributed by atoms with E-state index in [0.717, 1.165) is 89.8 Å². The molecule has 0 saturated heterocycles. The van der Waals surface area contributed by atoms with E-state index in [-0.39, 0.29) is 0 Å². The second kappa shape index (κ2) is 16.4. The SMILES string of the molecule is c1ccc(-c2nc(-c3ccccc3)nc(-c3ccc(-c4cccc(-n5c6ccccc6c6cc(-c7ccc8c(c7)C7(c9ccccc9-c9ccccc97)c7ccc9c(c7-8)Oc7ccccc7O9)ccc65)c4)cc3)n2)cc1. The normalized spacial score (nSPS) is 13.1. The van der Waals surface area contributed by atoms with Gasteiger partial charge in [-0.15, -0.1) is 0 Å². The topological polar surface area (TPSA) is 62.1 Å². The lowest BCUT2D eigenvalue weighted by Crippen LogP contribution is -2.26. The Bertz CT molecular complexity index is 4420. The molecule has 0 N–H and O–H groups in total. The summed E-state index contributed by atoms with van der Waals surface area (Å²) in [6, 6.07) is 90.5. The van der Waals surface area contributed by atoms with Crippen molar-refractivity contribution in [2.45, 2.75) is 5.41 Å². The average Bonchev–Trinajstić information content (AvgIpc) is 4.32. The van der Waals surface area contributed by atoms with Crippen molar-refractivity contribution >= 4 is 21.8 Å². The summed E-state index contributed by atoms with van der Waals surface area (Å²) in [4.78, 5) is 14.8. The summed E-state index contributed by atoms with van der Waals surface area (Å²) in [5.41, 5.74) is 19.9. The Morgan fingerprint density at radius 1 is 0.303 bits per heavy atom. The molecule has 0 bridgehead atoms. The molecule has 0 amide bonds. The Hall–Kier alpha value is -10.2. The van der Waals surface area contributed by atoms with Crippen molar-refractivity contribution < 1.29 is 9.47 Å². The quantitative estimate of drug-likeness (QED) is 0.166. The van der Waals surface area contributed by atoms with Crippen LogP contribution in [0.1, 0.15) is 22.3 Å². The number of rotatable bonds is 6. The zero-order chi connectivity index (χ0) is 49.9. The van der Waals surface area contributed by atoms with Crippen LogP contribution in [-0.2, 0) is 5.41 Å². The van der Waals surface area contributed by atoms with E-state index in [1.54, 1.807) is 0 Å². The number of hydrogen-bond donors (Lipinski definition) is 0.